The van der Waals surface area contributed by atoms with Crippen molar-refractivity contribution in [1.82, 2.24) is 4.98 Å². The molecular weight excluding hydrogens is 292 g/mol. The number of benzene rings is 1. The lowest BCUT2D eigenvalue weighted by Gasteiger charge is -2.11. The molecule has 1 aromatic heterocycles. The number of anilines is 1. The quantitative estimate of drug-likeness (QED) is 0.907. The van der Waals surface area contributed by atoms with Crippen LogP contribution in [0.1, 0.15) is 17.0 Å². The molecule has 0 unspecified atom stereocenters. The van der Waals surface area contributed by atoms with Crippen molar-refractivity contribution in [3.05, 3.63) is 51.8 Å². The predicted molar refractivity (Wildman–Crippen MR) is 76.8 cm³/mol. The van der Waals surface area contributed by atoms with Crippen molar-refractivity contribution in [1.29, 1.82) is 0 Å². The molecule has 2 N–H and O–H groups in total. The highest BCUT2D eigenvalue weighted by Gasteiger charge is 2.05. The molecule has 3 nitrogen and oxygen atoms in total. The van der Waals surface area contributed by atoms with Gasteiger partial charge in [0.05, 0.1) is 15.9 Å². The molecule has 2 rings (SSSR count). The number of phenols is 1. The van der Waals surface area contributed by atoms with Gasteiger partial charge in [-0.25, -0.2) is 0 Å². The minimum Gasteiger partial charge on any atom is -0.506 e. The zero-order valence-electron chi connectivity index (χ0n) is 10.4. The first-order valence-corrected chi connectivity index (χ1v) is 6.51. The Hall–Kier alpha value is -1.55. The standard InChI is InChI=1S/C14H15BrN2O/c1-9-6-7-13(10(2)17-9)16-8-11-4-3-5-12(15)14(11)18/h3-7,16,18H,8H2,1-2H3. The zero-order valence-corrected chi connectivity index (χ0v) is 12.0. The monoisotopic (exact) mass is 306 g/mol. The highest BCUT2D eigenvalue weighted by molar-refractivity contribution is 9.10. The van der Waals surface area contributed by atoms with Crippen LogP contribution in [0.15, 0.2) is 34.8 Å². The van der Waals surface area contributed by atoms with E-state index in [-0.39, 0.29) is 5.75 Å². The molecule has 0 aliphatic heterocycles. The molecule has 0 atom stereocenters. The Balaban J connectivity index is 2.14. The number of hydrogen-bond donors (Lipinski definition) is 2. The van der Waals surface area contributed by atoms with Crippen molar-refractivity contribution < 1.29 is 5.11 Å². The number of nitrogens with zero attached hydrogens (tertiary/aromatic N) is 1. The van der Waals surface area contributed by atoms with Crippen molar-refractivity contribution in [2.75, 3.05) is 5.32 Å². The van der Waals surface area contributed by atoms with E-state index in [4.69, 9.17) is 0 Å². The molecule has 94 valence electrons. The third-order valence-electron chi connectivity index (χ3n) is 2.76. The summed E-state index contributed by atoms with van der Waals surface area (Å²) in [5, 5.41) is 13.2. The minimum absolute atomic E-state index is 0.280. The SMILES string of the molecule is Cc1ccc(NCc2cccc(Br)c2O)c(C)n1. The van der Waals surface area contributed by atoms with Crippen LogP contribution >= 0.6 is 15.9 Å². The van der Waals surface area contributed by atoms with Crippen LogP contribution in [-0.4, -0.2) is 10.1 Å². The largest absolute Gasteiger partial charge is 0.506 e. The third kappa shape index (κ3) is 2.82. The molecule has 2 aromatic rings. The number of nitrogens with one attached hydrogen (secondary N) is 1. The van der Waals surface area contributed by atoms with E-state index in [0.29, 0.717) is 11.0 Å². The molecule has 0 spiro atoms. The average Bonchev–Trinajstić information content (AvgIpc) is 2.33. The van der Waals surface area contributed by atoms with Crippen LogP contribution in [0.5, 0.6) is 5.75 Å². The topological polar surface area (TPSA) is 45.1 Å². The van der Waals surface area contributed by atoms with Crippen LogP contribution in [0, 0.1) is 13.8 Å². The summed E-state index contributed by atoms with van der Waals surface area (Å²) in [6.45, 7) is 4.50. The van der Waals surface area contributed by atoms with Gasteiger partial charge < -0.3 is 10.4 Å². The fourth-order valence-corrected chi connectivity index (χ4v) is 2.17. The number of halogens is 1. The Labute approximate surface area is 115 Å². The van der Waals surface area contributed by atoms with Gasteiger partial charge >= 0.3 is 0 Å². The van der Waals surface area contributed by atoms with Gasteiger partial charge in [-0.1, -0.05) is 12.1 Å². The summed E-state index contributed by atoms with van der Waals surface area (Å²) in [7, 11) is 0. The summed E-state index contributed by atoms with van der Waals surface area (Å²) in [6.07, 6.45) is 0. The molecule has 18 heavy (non-hydrogen) atoms. The number of aromatic nitrogens is 1. The maximum absolute atomic E-state index is 9.89. The lowest BCUT2D eigenvalue weighted by atomic mass is 10.2. The normalized spacial score (nSPS) is 10.4. The molecule has 0 aliphatic rings. The Bertz CT molecular complexity index is 570. The fourth-order valence-electron chi connectivity index (χ4n) is 1.77. The van der Waals surface area contributed by atoms with E-state index in [1.54, 1.807) is 0 Å². The first-order valence-electron chi connectivity index (χ1n) is 5.72. The molecule has 0 aliphatic carbocycles. The summed E-state index contributed by atoms with van der Waals surface area (Å²) < 4.78 is 0.709. The number of aromatic hydroxyl groups is 1. The number of hydrogen-bond acceptors (Lipinski definition) is 3. The summed E-state index contributed by atoms with van der Waals surface area (Å²) >= 11 is 3.31. The van der Waals surface area contributed by atoms with E-state index in [1.165, 1.54) is 0 Å². The van der Waals surface area contributed by atoms with Crippen molar-refractivity contribution in [3.63, 3.8) is 0 Å². The van der Waals surface area contributed by atoms with Gasteiger partial charge in [-0.2, -0.15) is 0 Å². The smallest absolute Gasteiger partial charge is 0.134 e. The maximum Gasteiger partial charge on any atom is 0.134 e. The predicted octanol–water partition coefficient (Wildman–Crippen LogP) is 3.78. The van der Waals surface area contributed by atoms with E-state index in [9.17, 15) is 5.11 Å². The van der Waals surface area contributed by atoms with Gasteiger partial charge in [-0.3, -0.25) is 4.98 Å². The van der Waals surface area contributed by atoms with Crippen molar-refractivity contribution in [2.24, 2.45) is 0 Å². The summed E-state index contributed by atoms with van der Waals surface area (Å²) in [5.41, 5.74) is 3.80. The van der Waals surface area contributed by atoms with E-state index in [0.717, 1.165) is 22.6 Å². The fraction of sp³-hybridized carbons (Fsp3) is 0.214. The van der Waals surface area contributed by atoms with E-state index in [2.05, 4.69) is 26.2 Å². The molecule has 0 radical (unpaired) electrons. The Morgan fingerprint density at radius 2 is 2.00 bits per heavy atom. The summed E-state index contributed by atoms with van der Waals surface area (Å²) in [5.74, 6) is 0.280. The Kier molecular flexibility index (Phi) is 3.87. The highest BCUT2D eigenvalue weighted by atomic mass is 79.9. The number of aryl methyl sites for hydroxylation is 2. The van der Waals surface area contributed by atoms with Crippen molar-refractivity contribution >= 4 is 21.6 Å². The molecule has 0 saturated carbocycles. The van der Waals surface area contributed by atoms with Gasteiger partial charge in [-0.05, 0) is 48.0 Å². The van der Waals surface area contributed by atoms with Crippen LogP contribution in [0.2, 0.25) is 0 Å². The third-order valence-corrected chi connectivity index (χ3v) is 3.40. The Morgan fingerprint density at radius 1 is 1.22 bits per heavy atom. The molecule has 1 heterocycles. The van der Waals surface area contributed by atoms with Gasteiger partial charge in [0, 0.05) is 17.8 Å². The van der Waals surface area contributed by atoms with Crippen LogP contribution in [0.4, 0.5) is 5.69 Å². The second-order valence-corrected chi connectivity index (χ2v) is 5.04. The van der Waals surface area contributed by atoms with Crippen LogP contribution in [-0.2, 0) is 6.54 Å². The summed E-state index contributed by atoms with van der Waals surface area (Å²) in [6, 6.07) is 9.59. The minimum atomic E-state index is 0.280. The van der Waals surface area contributed by atoms with Gasteiger partial charge in [0.2, 0.25) is 0 Å². The number of phenolic OH excluding ortho intramolecular Hbond substituents is 1. The van der Waals surface area contributed by atoms with Gasteiger partial charge in [0.25, 0.3) is 0 Å². The zero-order chi connectivity index (χ0) is 13.1. The first kappa shape index (κ1) is 12.9. The average molecular weight is 307 g/mol. The molecule has 4 heteroatoms. The lowest BCUT2D eigenvalue weighted by molar-refractivity contribution is 0.465. The van der Waals surface area contributed by atoms with Crippen LogP contribution in [0.25, 0.3) is 0 Å². The second-order valence-electron chi connectivity index (χ2n) is 4.19. The van der Waals surface area contributed by atoms with Crippen molar-refractivity contribution in [2.45, 2.75) is 20.4 Å². The number of rotatable bonds is 3. The molecule has 0 amide bonds. The maximum atomic E-state index is 9.89. The molecule has 0 bridgehead atoms. The van der Waals surface area contributed by atoms with E-state index >= 15 is 0 Å². The lowest BCUT2D eigenvalue weighted by Crippen LogP contribution is -2.03. The van der Waals surface area contributed by atoms with E-state index in [1.807, 2.05) is 44.2 Å². The molecule has 0 saturated heterocycles. The highest BCUT2D eigenvalue weighted by Crippen LogP contribution is 2.28. The number of pyridine rings is 1. The van der Waals surface area contributed by atoms with Crippen LogP contribution < -0.4 is 5.32 Å². The van der Waals surface area contributed by atoms with Crippen LogP contribution in [0.3, 0.4) is 0 Å². The molecule has 0 fully saturated rings. The first-order chi connectivity index (χ1) is 8.58. The molecular formula is C14H15BrN2O. The van der Waals surface area contributed by atoms with Gasteiger partial charge in [-0.15, -0.1) is 0 Å². The Morgan fingerprint density at radius 3 is 2.72 bits per heavy atom. The van der Waals surface area contributed by atoms with E-state index < -0.39 is 0 Å². The van der Waals surface area contributed by atoms with Gasteiger partial charge in [0.1, 0.15) is 5.75 Å². The molecule has 1 aromatic carbocycles. The van der Waals surface area contributed by atoms with Crippen molar-refractivity contribution in [3.8, 4) is 5.75 Å². The second kappa shape index (κ2) is 5.40. The van der Waals surface area contributed by atoms with Gasteiger partial charge in [0.15, 0.2) is 0 Å². The summed E-state index contributed by atoms with van der Waals surface area (Å²) in [4.78, 5) is 4.39. The number of para-hydroxylation sites is 1.